The number of benzene rings is 1. The Kier molecular flexibility index (Phi) is 6.52. The first-order chi connectivity index (χ1) is 11.2. The van der Waals surface area contributed by atoms with Crippen molar-refractivity contribution < 1.29 is 23.7 Å². The highest BCUT2D eigenvalue weighted by molar-refractivity contribution is 5.95. The van der Waals surface area contributed by atoms with E-state index in [2.05, 4.69) is 0 Å². The van der Waals surface area contributed by atoms with Crippen LogP contribution < -0.4 is 14.2 Å². The molecule has 0 atom stereocenters. The molecule has 0 aliphatic carbocycles. The van der Waals surface area contributed by atoms with Gasteiger partial charge in [-0.05, 0) is 39.3 Å². The highest BCUT2D eigenvalue weighted by Crippen LogP contribution is 2.39. The second-order valence-electron chi connectivity index (χ2n) is 5.06. The van der Waals surface area contributed by atoms with E-state index in [9.17, 15) is 4.79 Å². The molecule has 6 nitrogen and oxygen atoms in total. The van der Waals surface area contributed by atoms with E-state index in [1.54, 1.807) is 17.0 Å². The van der Waals surface area contributed by atoms with Crippen LogP contribution >= 0.6 is 0 Å². The summed E-state index contributed by atoms with van der Waals surface area (Å²) in [6.45, 7) is 8.85. The lowest BCUT2D eigenvalue weighted by molar-refractivity contribution is -0.00575. The Bertz CT molecular complexity index is 499. The van der Waals surface area contributed by atoms with Crippen LogP contribution in [0, 0.1) is 0 Å². The van der Waals surface area contributed by atoms with Crippen molar-refractivity contribution in [3.05, 3.63) is 17.7 Å². The molecular weight excluding hydrogens is 298 g/mol. The zero-order valence-electron chi connectivity index (χ0n) is 14.1. The molecule has 1 aromatic carbocycles. The van der Waals surface area contributed by atoms with Crippen molar-refractivity contribution in [3.8, 4) is 17.2 Å². The van der Waals surface area contributed by atoms with Gasteiger partial charge in [-0.25, -0.2) is 0 Å². The second kappa shape index (κ2) is 8.62. The minimum Gasteiger partial charge on any atom is -0.490 e. The van der Waals surface area contributed by atoms with E-state index in [1.165, 1.54) is 0 Å². The van der Waals surface area contributed by atoms with Crippen LogP contribution in [0.5, 0.6) is 17.2 Å². The van der Waals surface area contributed by atoms with Crippen LogP contribution in [0.3, 0.4) is 0 Å². The number of hydrogen-bond acceptors (Lipinski definition) is 5. The molecule has 1 heterocycles. The van der Waals surface area contributed by atoms with Crippen LogP contribution in [0.25, 0.3) is 0 Å². The standard InChI is InChI=1S/C17H25NO5/c1-4-21-14-10-13(17(19)18-8-7-9-20-12-18)11-15(22-5-2)16(14)23-6-3/h10-11H,4-9,12H2,1-3H3. The van der Waals surface area contributed by atoms with Gasteiger partial charge in [-0.1, -0.05) is 0 Å². The summed E-state index contributed by atoms with van der Waals surface area (Å²) in [7, 11) is 0. The Labute approximate surface area is 137 Å². The van der Waals surface area contributed by atoms with Gasteiger partial charge < -0.3 is 23.8 Å². The quantitative estimate of drug-likeness (QED) is 0.772. The third kappa shape index (κ3) is 4.28. The van der Waals surface area contributed by atoms with Crippen molar-refractivity contribution in [2.75, 3.05) is 39.7 Å². The summed E-state index contributed by atoms with van der Waals surface area (Å²) < 4.78 is 22.3. The molecule has 6 heteroatoms. The largest absolute Gasteiger partial charge is 0.490 e. The minimum absolute atomic E-state index is 0.0883. The van der Waals surface area contributed by atoms with Gasteiger partial charge in [0, 0.05) is 12.1 Å². The van der Waals surface area contributed by atoms with Crippen LogP contribution in [0.15, 0.2) is 12.1 Å². The summed E-state index contributed by atoms with van der Waals surface area (Å²) in [6, 6.07) is 3.43. The second-order valence-corrected chi connectivity index (χ2v) is 5.06. The monoisotopic (exact) mass is 323 g/mol. The Hall–Kier alpha value is -1.95. The van der Waals surface area contributed by atoms with Crippen molar-refractivity contribution in [2.45, 2.75) is 27.2 Å². The van der Waals surface area contributed by atoms with E-state index in [0.29, 0.717) is 62.5 Å². The zero-order valence-corrected chi connectivity index (χ0v) is 14.1. The van der Waals surface area contributed by atoms with E-state index in [4.69, 9.17) is 18.9 Å². The number of amides is 1. The summed E-state index contributed by atoms with van der Waals surface area (Å²) in [5, 5.41) is 0. The van der Waals surface area contributed by atoms with Crippen molar-refractivity contribution in [1.82, 2.24) is 4.90 Å². The molecule has 0 N–H and O–H groups in total. The number of carbonyl (C=O) groups is 1. The van der Waals surface area contributed by atoms with Gasteiger partial charge in [-0.2, -0.15) is 0 Å². The normalized spacial score (nSPS) is 14.5. The SMILES string of the molecule is CCOc1cc(C(=O)N2CCCOC2)cc(OCC)c1OCC. The average molecular weight is 323 g/mol. The highest BCUT2D eigenvalue weighted by atomic mass is 16.5. The predicted octanol–water partition coefficient (Wildman–Crippen LogP) is 2.70. The van der Waals surface area contributed by atoms with E-state index in [0.717, 1.165) is 6.42 Å². The fourth-order valence-corrected chi connectivity index (χ4v) is 2.45. The summed E-state index contributed by atoms with van der Waals surface area (Å²) in [5.41, 5.74) is 0.519. The van der Waals surface area contributed by atoms with Gasteiger partial charge in [-0.15, -0.1) is 0 Å². The Morgan fingerprint density at radius 2 is 1.70 bits per heavy atom. The molecule has 23 heavy (non-hydrogen) atoms. The van der Waals surface area contributed by atoms with E-state index in [-0.39, 0.29) is 5.91 Å². The average Bonchev–Trinajstić information content (AvgIpc) is 2.58. The third-order valence-electron chi connectivity index (χ3n) is 3.41. The van der Waals surface area contributed by atoms with E-state index >= 15 is 0 Å². The van der Waals surface area contributed by atoms with Crippen LogP contribution in [0.4, 0.5) is 0 Å². The number of ether oxygens (including phenoxy) is 4. The molecular formula is C17H25NO5. The van der Waals surface area contributed by atoms with E-state index < -0.39 is 0 Å². The number of hydrogen-bond donors (Lipinski definition) is 0. The molecule has 0 unspecified atom stereocenters. The van der Waals surface area contributed by atoms with E-state index in [1.807, 2.05) is 20.8 Å². The van der Waals surface area contributed by atoms with Gasteiger partial charge >= 0.3 is 0 Å². The van der Waals surface area contributed by atoms with Gasteiger partial charge in [0.15, 0.2) is 11.5 Å². The molecule has 0 saturated carbocycles. The highest BCUT2D eigenvalue weighted by Gasteiger charge is 2.23. The van der Waals surface area contributed by atoms with Crippen molar-refractivity contribution in [2.24, 2.45) is 0 Å². The summed E-state index contributed by atoms with van der Waals surface area (Å²) in [4.78, 5) is 14.4. The van der Waals surface area contributed by atoms with Crippen LogP contribution in [-0.4, -0.2) is 50.5 Å². The summed E-state index contributed by atoms with van der Waals surface area (Å²) in [5.74, 6) is 1.51. The lowest BCUT2D eigenvalue weighted by atomic mass is 10.1. The molecule has 1 aliphatic rings. The maximum atomic E-state index is 12.7. The van der Waals surface area contributed by atoms with Crippen LogP contribution in [0.1, 0.15) is 37.6 Å². The number of rotatable bonds is 7. The molecule has 0 aromatic heterocycles. The Morgan fingerprint density at radius 1 is 1.09 bits per heavy atom. The summed E-state index contributed by atoms with van der Waals surface area (Å²) in [6.07, 6.45) is 0.847. The maximum Gasteiger partial charge on any atom is 0.255 e. The third-order valence-corrected chi connectivity index (χ3v) is 3.41. The molecule has 1 aromatic rings. The Morgan fingerprint density at radius 3 is 2.17 bits per heavy atom. The van der Waals surface area contributed by atoms with Gasteiger partial charge in [-0.3, -0.25) is 4.79 Å². The molecule has 128 valence electrons. The van der Waals surface area contributed by atoms with Crippen LogP contribution in [-0.2, 0) is 4.74 Å². The smallest absolute Gasteiger partial charge is 0.255 e. The molecule has 1 saturated heterocycles. The lowest BCUT2D eigenvalue weighted by Gasteiger charge is -2.27. The topological polar surface area (TPSA) is 57.2 Å². The molecule has 1 aliphatic heterocycles. The molecule has 0 spiro atoms. The molecule has 0 radical (unpaired) electrons. The first-order valence-corrected chi connectivity index (χ1v) is 8.14. The number of nitrogens with zero attached hydrogens (tertiary/aromatic N) is 1. The van der Waals surface area contributed by atoms with Gasteiger partial charge in [0.1, 0.15) is 6.73 Å². The molecule has 0 bridgehead atoms. The molecule has 1 fully saturated rings. The molecule has 2 rings (SSSR count). The van der Waals surface area contributed by atoms with Crippen molar-refractivity contribution >= 4 is 5.91 Å². The van der Waals surface area contributed by atoms with Crippen molar-refractivity contribution in [3.63, 3.8) is 0 Å². The van der Waals surface area contributed by atoms with Crippen LogP contribution in [0.2, 0.25) is 0 Å². The summed E-state index contributed by atoms with van der Waals surface area (Å²) >= 11 is 0. The number of carbonyl (C=O) groups excluding carboxylic acids is 1. The first-order valence-electron chi connectivity index (χ1n) is 8.14. The minimum atomic E-state index is -0.0883. The molecule has 1 amide bonds. The van der Waals surface area contributed by atoms with Gasteiger partial charge in [0.05, 0.1) is 26.4 Å². The van der Waals surface area contributed by atoms with Gasteiger partial charge in [0.2, 0.25) is 5.75 Å². The first kappa shape index (κ1) is 17.4. The predicted molar refractivity (Wildman–Crippen MR) is 86.4 cm³/mol. The fourth-order valence-electron chi connectivity index (χ4n) is 2.45. The zero-order chi connectivity index (χ0) is 16.7. The fraction of sp³-hybridized carbons (Fsp3) is 0.588. The van der Waals surface area contributed by atoms with Crippen molar-refractivity contribution in [1.29, 1.82) is 0 Å². The maximum absolute atomic E-state index is 12.7. The van der Waals surface area contributed by atoms with Gasteiger partial charge in [0.25, 0.3) is 5.91 Å². The lowest BCUT2D eigenvalue weighted by Crippen LogP contribution is -2.38. The Balaban J connectivity index is 2.36.